The molecule has 98 valence electrons. The van der Waals surface area contributed by atoms with E-state index in [0.717, 1.165) is 15.6 Å². The lowest BCUT2D eigenvalue weighted by Gasteiger charge is -1.92. The van der Waals surface area contributed by atoms with Gasteiger partial charge in [0, 0.05) is 10.9 Å². The third kappa shape index (κ3) is 2.41. The van der Waals surface area contributed by atoms with Gasteiger partial charge in [0.1, 0.15) is 14.9 Å². The Bertz CT molecular complexity index is 771. The number of aromatic hydroxyl groups is 1. The lowest BCUT2D eigenvalue weighted by atomic mass is 10.2. The van der Waals surface area contributed by atoms with Crippen LogP contribution in [0.4, 0.5) is 0 Å². The molecule has 1 aromatic carbocycles. The molecule has 20 heavy (non-hydrogen) atoms. The van der Waals surface area contributed by atoms with Crippen molar-refractivity contribution in [2.75, 3.05) is 0 Å². The van der Waals surface area contributed by atoms with Crippen molar-refractivity contribution in [3.05, 3.63) is 40.7 Å². The van der Waals surface area contributed by atoms with E-state index in [4.69, 9.17) is 5.26 Å². The summed E-state index contributed by atoms with van der Waals surface area (Å²) in [4.78, 5) is 9.17. The van der Waals surface area contributed by atoms with Crippen molar-refractivity contribution in [3.63, 3.8) is 0 Å². The maximum Gasteiger partial charge on any atom is 0.232 e. The Morgan fingerprint density at radius 1 is 1.20 bits per heavy atom. The average molecular weight is 299 g/mol. The zero-order valence-corrected chi connectivity index (χ0v) is 11.9. The summed E-state index contributed by atoms with van der Waals surface area (Å²) < 4.78 is 0. The number of hydrogen-bond donors (Lipinski definition) is 1. The number of aromatic nitrogens is 2. The third-order valence-electron chi connectivity index (χ3n) is 2.64. The van der Waals surface area contributed by atoms with Crippen molar-refractivity contribution in [2.45, 2.75) is 6.42 Å². The lowest BCUT2D eigenvalue weighted by Crippen LogP contribution is -1.79. The second kappa shape index (κ2) is 5.41. The first kappa shape index (κ1) is 12.8. The van der Waals surface area contributed by atoms with Gasteiger partial charge in [-0.25, -0.2) is 9.97 Å². The van der Waals surface area contributed by atoms with E-state index >= 15 is 0 Å². The molecule has 0 aliphatic carbocycles. The Balaban J connectivity index is 1.99. The first-order valence-corrected chi connectivity index (χ1v) is 7.54. The molecular weight excluding hydrogens is 290 g/mol. The molecule has 0 atom stereocenters. The van der Waals surface area contributed by atoms with Crippen molar-refractivity contribution in [2.24, 2.45) is 0 Å². The summed E-state index contributed by atoms with van der Waals surface area (Å²) >= 11 is 2.81. The van der Waals surface area contributed by atoms with Crippen LogP contribution in [0.1, 0.15) is 5.01 Å². The summed E-state index contributed by atoms with van der Waals surface area (Å²) in [7, 11) is 0. The van der Waals surface area contributed by atoms with E-state index in [1.165, 1.54) is 22.7 Å². The number of nitrogens with zero attached hydrogens (tertiary/aromatic N) is 3. The van der Waals surface area contributed by atoms with Crippen LogP contribution >= 0.6 is 22.7 Å². The fraction of sp³-hybridized carbons (Fsp3) is 0.0714. The first-order valence-electron chi connectivity index (χ1n) is 5.85. The minimum atomic E-state index is -0.0114. The predicted octanol–water partition coefficient (Wildman–Crippen LogP) is 3.71. The molecule has 0 bridgehead atoms. The molecule has 6 heteroatoms. The Morgan fingerprint density at radius 2 is 2.00 bits per heavy atom. The van der Waals surface area contributed by atoms with Gasteiger partial charge in [-0.15, -0.1) is 22.7 Å². The minimum Gasteiger partial charge on any atom is -0.492 e. The Hall–Kier alpha value is -2.23. The third-order valence-corrected chi connectivity index (χ3v) is 4.61. The van der Waals surface area contributed by atoms with E-state index in [0.29, 0.717) is 10.6 Å². The van der Waals surface area contributed by atoms with Crippen LogP contribution in [-0.4, -0.2) is 15.1 Å². The fourth-order valence-electron chi connectivity index (χ4n) is 1.75. The van der Waals surface area contributed by atoms with E-state index < -0.39 is 0 Å². The van der Waals surface area contributed by atoms with Crippen LogP contribution < -0.4 is 0 Å². The molecule has 0 saturated carbocycles. The van der Waals surface area contributed by atoms with Gasteiger partial charge in [0.2, 0.25) is 5.88 Å². The van der Waals surface area contributed by atoms with Crippen molar-refractivity contribution < 1.29 is 5.11 Å². The predicted molar refractivity (Wildman–Crippen MR) is 79.6 cm³/mol. The highest BCUT2D eigenvalue weighted by Crippen LogP contribution is 2.39. The molecule has 0 aliphatic heterocycles. The highest BCUT2D eigenvalue weighted by molar-refractivity contribution is 7.19. The summed E-state index contributed by atoms with van der Waals surface area (Å²) in [6.45, 7) is 0. The minimum absolute atomic E-state index is 0.0114. The van der Waals surface area contributed by atoms with Crippen molar-refractivity contribution in [1.29, 1.82) is 5.26 Å². The summed E-state index contributed by atoms with van der Waals surface area (Å²) in [5.41, 5.74) is 1.64. The molecule has 2 heterocycles. The number of hydrogen-bond acceptors (Lipinski definition) is 6. The SMILES string of the molecule is N#CCc1nc(-c2sc(-c3ccccc3)nc2O)cs1. The molecule has 0 saturated heterocycles. The number of thiazole rings is 2. The van der Waals surface area contributed by atoms with Gasteiger partial charge in [-0.05, 0) is 0 Å². The smallest absolute Gasteiger partial charge is 0.232 e. The highest BCUT2D eigenvalue weighted by atomic mass is 32.1. The summed E-state index contributed by atoms with van der Waals surface area (Å²) in [6.07, 6.45) is 0.287. The van der Waals surface area contributed by atoms with Gasteiger partial charge >= 0.3 is 0 Å². The van der Waals surface area contributed by atoms with Crippen molar-refractivity contribution in [3.8, 4) is 33.1 Å². The van der Waals surface area contributed by atoms with Gasteiger partial charge in [-0.1, -0.05) is 30.3 Å². The van der Waals surface area contributed by atoms with E-state index in [-0.39, 0.29) is 12.3 Å². The second-order valence-corrected chi connectivity index (χ2v) is 5.94. The zero-order valence-electron chi connectivity index (χ0n) is 10.3. The Kier molecular flexibility index (Phi) is 3.46. The molecule has 1 N–H and O–H groups in total. The lowest BCUT2D eigenvalue weighted by molar-refractivity contribution is 0.459. The largest absolute Gasteiger partial charge is 0.492 e. The molecule has 0 amide bonds. The van der Waals surface area contributed by atoms with Crippen LogP contribution in [0.3, 0.4) is 0 Å². The van der Waals surface area contributed by atoms with Crippen LogP contribution in [0, 0.1) is 11.3 Å². The molecular formula is C14H9N3OS2. The molecule has 0 aliphatic rings. The van der Waals surface area contributed by atoms with Gasteiger partial charge < -0.3 is 5.11 Å². The maximum absolute atomic E-state index is 9.98. The van der Waals surface area contributed by atoms with Crippen molar-refractivity contribution in [1.82, 2.24) is 9.97 Å². The van der Waals surface area contributed by atoms with Gasteiger partial charge in [-0.3, -0.25) is 0 Å². The van der Waals surface area contributed by atoms with E-state index in [1.807, 2.05) is 35.7 Å². The van der Waals surface area contributed by atoms with Crippen LogP contribution in [0.25, 0.3) is 21.1 Å². The van der Waals surface area contributed by atoms with Crippen LogP contribution in [0.2, 0.25) is 0 Å². The second-order valence-electron chi connectivity index (χ2n) is 4.00. The maximum atomic E-state index is 9.98. The summed E-state index contributed by atoms with van der Waals surface area (Å²) in [6, 6.07) is 11.8. The number of rotatable bonds is 3. The van der Waals surface area contributed by atoms with Gasteiger partial charge in [-0.2, -0.15) is 5.26 Å². The van der Waals surface area contributed by atoms with Gasteiger partial charge in [0.25, 0.3) is 0 Å². The van der Waals surface area contributed by atoms with Crippen LogP contribution in [-0.2, 0) is 6.42 Å². The van der Waals surface area contributed by atoms with E-state index in [1.54, 1.807) is 0 Å². The summed E-state index contributed by atoms with van der Waals surface area (Å²) in [5.74, 6) is -0.0114. The molecule has 0 spiro atoms. The monoisotopic (exact) mass is 299 g/mol. The van der Waals surface area contributed by atoms with Crippen molar-refractivity contribution >= 4 is 22.7 Å². The van der Waals surface area contributed by atoms with Gasteiger partial charge in [0.05, 0.1) is 18.2 Å². The topological polar surface area (TPSA) is 69.8 Å². The molecule has 0 radical (unpaired) electrons. The highest BCUT2D eigenvalue weighted by Gasteiger charge is 2.16. The Labute approximate surface area is 123 Å². The number of benzene rings is 1. The van der Waals surface area contributed by atoms with E-state index in [9.17, 15) is 5.11 Å². The van der Waals surface area contributed by atoms with Crippen LogP contribution in [0.15, 0.2) is 35.7 Å². The standard InChI is InChI=1S/C14H9N3OS2/c15-7-6-11-16-10(8-19-11)12-13(18)17-14(20-12)9-4-2-1-3-5-9/h1-5,8,18H,6H2. The summed E-state index contributed by atoms with van der Waals surface area (Å²) in [5, 5.41) is 22.0. The van der Waals surface area contributed by atoms with Crippen LogP contribution in [0.5, 0.6) is 5.88 Å². The zero-order chi connectivity index (χ0) is 13.9. The normalized spacial score (nSPS) is 10.3. The molecule has 4 nitrogen and oxygen atoms in total. The molecule has 3 aromatic rings. The molecule has 3 rings (SSSR count). The molecule has 0 unspecified atom stereocenters. The first-order chi connectivity index (χ1) is 9.78. The van der Waals surface area contributed by atoms with Gasteiger partial charge in [0.15, 0.2) is 0 Å². The fourth-order valence-corrected chi connectivity index (χ4v) is 3.46. The quantitative estimate of drug-likeness (QED) is 0.800. The average Bonchev–Trinajstić information content (AvgIpc) is 3.07. The molecule has 0 fully saturated rings. The molecule has 2 aromatic heterocycles. The Morgan fingerprint density at radius 3 is 2.75 bits per heavy atom. The number of nitriles is 1. The van der Waals surface area contributed by atoms with E-state index in [2.05, 4.69) is 16.0 Å².